The third kappa shape index (κ3) is 3.85. The molecule has 8 heteroatoms. The van der Waals surface area contributed by atoms with Gasteiger partial charge in [-0.25, -0.2) is 8.42 Å². The van der Waals surface area contributed by atoms with Crippen LogP contribution in [0.2, 0.25) is 0 Å². The molecule has 1 aliphatic heterocycles. The first-order valence-electron chi connectivity index (χ1n) is 9.81. The summed E-state index contributed by atoms with van der Waals surface area (Å²) in [6, 6.07) is 3.36. The number of rotatable bonds is 6. The lowest BCUT2D eigenvalue weighted by molar-refractivity contribution is -0.116. The molecule has 158 valence electrons. The molecule has 0 spiro atoms. The van der Waals surface area contributed by atoms with Crippen molar-refractivity contribution < 1.29 is 22.7 Å². The van der Waals surface area contributed by atoms with Gasteiger partial charge in [-0.2, -0.15) is 0 Å². The Hall–Kier alpha value is -2.48. The highest BCUT2D eigenvalue weighted by Gasteiger charge is 2.39. The summed E-state index contributed by atoms with van der Waals surface area (Å²) < 4.78 is 38.5. The molecule has 0 unspecified atom stereocenters. The first-order chi connectivity index (χ1) is 13.8. The van der Waals surface area contributed by atoms with Gasteiger partial charge in [0, 0.05) is 24.7 Å². The minimum absolute atomic E-state index is 0.194. The van der Waals surface area contributed by atoms with E-state index < -0.39 is 15.9 Å². The molecule has 3 rings (SSSR count). The molecule has 29 heavy (non-hydrogen) atoms. The summed E-state index contributed by atoms with van der Waals surface area (Å²) in [7, 11) is -0.969. The normalized spacial score (nSPS) is 18.1. The number of nitrogens with one attached hydrogen (secondary N) is 1. The molecule has 0 atom stereocenters. The first-order valence-corrected chi connectivity index (χ1v) is 11.2. The molecule has 0 saturated carbocycles. The highest BCUT2D eigenvalue weighted by atomic mass is 32.2. The van der Waals surface area contributed by atoms with Crippen LogP contribution in [0.25, 0.3) is 5.57 Å². The van der Waals surface area contributed by atoms with E-state index >= 15 is 0 Å². The number of amides is 1. The van der Waals surface area contributed by atoms with Gasteiger partial charge >= 0.3 is 0 Å². The number of carbonyl (C=O) groups is 1. The lowest BCUT2D eigenvalue weighted by Gasteiger charge is -2.32. The smallest absolute Gasteiger partial charge is 0.270 e. The molecule has 1 aromatic rings. The second-order valence-electron chi connectivity index (χ2n) is 7.14. The second-order valence-corrected chi connectivity index (χ2v) is 8.94. The van der Waals surface area contributed by atoms with E-state index in [0.29, 0.717) is 34.9 Å². The van der Waals surface area contributed by atoms with Crippen molar-refractivity contribution in [1.29, 1.82) is 0 Å². The van der Waals surface area contributed by atoms with Crippen LogP contribution in [-0.4, -0.2) is 41.6 Å². The third-order valence-corrected chi connectivity index (χ3v) is 7.46. The highest BCUT2D eigenvalue weighted by molar-refractivity contribution is 7.97. The molecule has 0 bridgehead atoms. The van der Waals surface area contributed by atoms with Crippen molar-refractivity contribution in [2.24, 2.45) is 0 Å². The SMILES string of the molecule is CCN1c2cc(OC)c(OC)cc2C(C)=C(C(=O)NCC2=CCCCC2)S1(=O)=O. The lowest BCUT2D eigenvalue weighted by Crippen LogP contribution is -2.41. The maximum absolute atomic E-state index is 13.3. The van der Waals surface area contributed by atoms with E-state index in [9.17, 15) is 13.2 Å². The number of nitrogens with zero attached hydrogens (tertiary/aromatic N) is 1. The Balaban J connectivity index is 2.05. The van der Waals surface area contributed by atoms with Gasteiger partial charge in [-0.05, 0) is 51.2 Å². The summed E-state index contributed by atoms with van der Waals surface area (Å²) in [5.41, 5.74) is 2.67. The number of fused-ring (bicyclic) bond motifs is 1. The standard InChI is InChI=1S/C21H28N2O5S/c1-5-23-17-12-19(28-4)18(27-3)11-16(17)14(2)20(29(23,25)26)21(24)22-13-15-9-7-6-8-10-15/h9,11-12H,5-8,10,13H2,1-4H3,(H,22,24). The molecule has 0 fully saturated rings. The maximum atomic E-state index is 13.3. The number of methoxy groups -OCH3 is 2. The Morgan fingerprint density at radius 2 is 1.86 bits per heavy atom. The Kier molecular flexibility index (Phi) is 6.21. The van der Waals surface area contributed by atoms with Gasteiger partial charge in [-0.3, -0.25) is 9.10 Å². The van der Waals surface area contributed by atoms with Crippen molar-refractivity contribution in [2.75, 3.05) is 31.6 Å². The van der Waals surface area contributed by atoms with Gasteiger partial charge < -0.3 is 14.8 Å². The van der Waals surface area contributed by atoms with E-state index in [-0.39, 0.29) is 11.4 Å². The zero-order chi connectivity index (χ0) is 21.2. The number of anilines is 1. The van der Waals surface area contributed by atoms with Crippen LogP contribution in [0.15, 0.2) is 28.7 Å². The minimum atomic E-state index is -3.99. The van der Waals surface area contributed by atoms with Crippen molar-refractivity contribution in [3.8, 4) is 11.5 Å². The van der Waals surface area contributed by atoms with Crippen LogP contribution >= 0.6 is 0 Å². The summed E-state index contributed by atoms with van der Waals surface area (Å²) in [5, 5.41) is 2.81. The van der Waals surface area contributed by atoms with Crippen molar-refractivity contribution in [1.82, 2.24) is 5.32 Å². The number of hydrogen-bond donors (Lipinski definition) is 1. The predicted octanol–water partition coefficient (Wildman–Crippen LogP) is 3.22. The van der Waals surface area contributed by atoms with Crippen molar-refractivity contribution in [3.63, 3.8) is 0 Å². The van der Waals surface area contributed by atoms with Gasteiger partial charge in [-0.15, -0.1) is 0 Å². The quantitative estimate of drug-likeness (QED) is 0.715. The molecule has 1 N–H and O–H groups in total. The predicted molar refractivity (Wildman–Crippen MR) is 114 cm³/mol. The van der Waals surface area contributed by atoms with Crippen LogP contribution in [0.3, 0.4) is 0 Å². The minimum Gasteiger partial charge on any atom is -0.493 e. The molecule has 7 nitrogen and oxygen atoms in total. The molecule has 1 aromatic carbocycles. The monoisotopic (exact) mass is 420 g/mol. The van der Waals surface area contributed by atoms with E-state index in [1.807, 2.05) is 0 Å². The van der Waals surface area contributed by atoms with Crippen LogP contribution in [-0.2, 0) is 14.8 Å². The molecule has 1 aliphatic carbocycles. The molecule has 1 amide bonds. The summed E-state index contributed by atoms with van der Waals surface area (Å²) >= 11 is 0. The molecular formula is C21H28N2O5S. The summed E-state index contributed by atoms with van der Waals surface area (Å²) in [5.74, 6) is 0.339. The highest BCUT2D eigenvalue weighted by Crippen LogP contribution is 2.44. The molecule has 1 heterocycles. The fraction of sp³-hybridized carbons (Fsp3) is 0.476. The van der Waals surface area contributed by atoms with Gasteiger partial charge in [-0.1, -0.05) is 11.6 Å². The number of sulfonamides is 1. The van der Waals surface area contributed by atoms with Crippen molar-refractivity contribution in [2.45, 2.75) is 39.5 Å². The number of allylic oxidation sites excluding steroid dienone is 2. The molecule has 2 aliphatic rings. The third-order valence-electron chi connectivity index (χ3n) is 5.42. The Morgan fingerprint density at radius 1 is 1.17 bits per heavy atom. The summed E-state index contributed by atoms with van der Waals surface area (Å²) in [4.78, 5) is 12.7. The molecule has 0 aromatic heterocycles. The van der Waals surface area contributed by atoms with Gasteiger partial charge in [0.05, 0.1) is 19.9 Å². The largest absolute Gasteiger partial charge is 0.493 e. The zero-order valence-electron chi connectivity index (χ0n) is 17.4. The average molecular weight is 421 g/mol. The van der Waals surface area contributed by atoms with Crippen molar-refractivity contribution >= 4 is 27.2 Å². The van der Waals surface area contributed by atoms with E-state index in [1.54, 1.807) is 26.0 Å². The van der Waals surface area contributed by atoms with Crippen LogP contribution in [0.5, 0.6) is 11.5 Å². The van der Waals surface area contributed by atoms with Crippen LogP contribution in [0.1, 0.15) is 45.1 Å². The van der Waals surface area contributed by atoms with Crippen molar-refractivity contribution in [3.05, 3.63) is 34.3 Å². The number of hydrogen-bond acceptors (Lipinski definition) is 5. The van der Waals surface area contributed by atoms with Gasteiger partial charge in [0.1, 0.15) is 0 Å². The first kappa shape index (κ1) is 21.2. The molecular weight excluding hydrogens is 392 g/mol. The number of ether oxygens (including phenoxy) is 2. The van der Waals surface area contributed by atoms with E-state index in [1.165, 1.54) is 18.5 Å². The fourth-order valence-corrected chi connectivity index (χ4v) is 5.67. The molecule has 0 saturated heterocycles. The maximum Gasteiger partial charge on any atom is 0.270 e. The Bertz CT molecular complexity index is 979. The van der Waals surface area contributed by atoms with Gasteiger partial charge in [0.25, 0.3) is 15.9 Å². The Labute approximate surface area is 172 Å². The van der Waals surface area contributed by atoms with E-state index in [4.69, 9.17) is 9.47 Å². The average Bonchev–Trinajstić information content (AvgIpc) is 2.72. The number of carbonyl (C=O) groups excluding carboxylic acids is 1. The van der Waals surface area contributed by atoms with Gasteiger partial charge in [0.15, 0.2) is 16.4 Å². The summed E-state index contributed by atoms with van der Waals surface area (Å²) in [6.45, 7) is 3.96. The summed E-state index contributed by atoms with van der Waals surface area (Å²) in [6.07, 6.45) is 6.32. The topological polar surface area (TPSA) is 84.9 Å². The second kappa shape index (κ2) is 8.49. The van der Waals surface area contributed by atoms with Crippen LogP contribution < -0.4 is 19.1 Å². The zero-order valence-corrected chi connectivity index (χ0v) is 18.2. The Morgan fingerprint density at radius 3 is 2.45 bits per heavy atom. The van der Waals surface area contributed by atoms with Gasteiger partial charge in [0.2, 0.25) is 0 Å². The van der Waals surface area contributed by atoms with E-state index in [0.717, 1.165) is 31.3 Å². The lowest BCUT2D eigenvalue weighted by atomic mass is 9.99. The van der Waals surface area contributed by atoms with Crippen LogP contribution in [0.4, 0.5) is 5.69 Å². The molecule has 0 radical (unpaired) electrons. The van der Waals surface area contributed by atoms with Crippen LogP contribution in [0, 0.1) is 0 Å². The van der Waals surface area contributed by atoms with E-state index in [2.05, 4.69) is 11.4 Å². The fourth-order valence-electron chi connectivity index (χ4n) is 3.90. The number of benzene rings is 1.